The molecule has 0 unspecified atom stereocenters. The average Bonchev–Trinajstić information content (AvgIpc) is 2.61. The van der Waals surface area contributed by atoms with Crippen molar-refractivity contribution in [3.63, 3.8) is 0 Å². The van der Waals surface area contributed by atoms with E-state index in [0.717, 1.165) is 6.07 Å². The molecular weight excluding hydrogens is 239 g/mol. The number of nitrogens with zero attached hydrogens (tertiary/aromatic N) is 2. The molecule has 1 aliphatic heterocycles. The second kappa shape index (κ2) is 4.64. The molecule has 0 atom stereocenters. The molecule has 18 heavy (non-hydrogen) atoms. The maximum Gasteiger partial charge on any atom is 0.338 e. The van der Waals surface area contributed by atoms with Crippen molar-refractivity contribution in [2.45, 2.75) is 6.54 Å². The highest BCUT2D eigenvalue weighted by molar-refractivity contribution is 5.87. The molecule has 96 valence electrons. The van der Waals surface area contributed by atoms with Crippen molar-refractivity contribution < 1.29 is 19.1 Å². The van der Waals surface area contributed by atoms with Gasteiger partial charge in [0.1, 0.15) is 5.82 Å². The number of carbonyl (C=O) groups excluding carboxylic acids is 1. The predicted octanol–water partition coefficient (Wildman–Crippen LogP) is 1.39. The molecule has 1 aromatic carbocycles. The van der Waals surface area contributed by atoms with Crippen molar-refractivity contribution in [3.05, 3.63) is 35.1 Å². The van der Waals surface area contributed by atoms with Crippen molar-refractivity contribution >= 4 is 12.0 Å². The van der Waals surface area contributed by atoms with Gasteiger partial charge < -0.3 is 14.9 Å². The van der Waals surface area contributed by atoms with Gasteiger partial charge in [0, 0.05) is 26.7 Å². The zero-order valence-electron chi connectivity index (χ0n) is 9.89. The highest BCUT2D eigenvalue weighted by atomic mass is 19.1. The van der Waals surface area contributed by atoms with Crippen LogP contribution in [-0.4, -0.2) is 47.0 Å². The third kappa shape index (κ3) is 2.27. The van der Waals surface area contributed by atoms with Gasteiger partial charge in [0.2, 0.25) is 0 Å². The summed E-state index contributed by atoms with van der Waals surface area (Å²) in [7, 11) is 1.70. The summed E-state index contributed by atoms with van der Waals surface area (Å²) in [4.78, 5) is 25.5. The van der Waals surface area contributed by atoms with Gasteiger partial charge in [0.15, 0.2) is 0 Å². The minimum Gasteiger partial charge on any atom is -0.478 e. The van der Waals surface area contributed by atoms with Gasteiger partial charge in [-0.15, -0.1) is 0 Å². The summed E-state index contributed by atoms with van der Waals surface area (Å²) < 4.78 is 13.5. The summed E-state index contributed by atoms with van der Waals surface area (Å²) >= 11 is 0. The monoisotopic (exact) mass is 252 g/mol. The minimum atomic E-state index is -1.30. The number of hydrogen-bond acceptors (Lipinski definition) is 2. The molecule has 5 nitrogen and oxygen atoms in total. The highest BCUT2D eigenvalue weighted by Crippen LogP contribution is 2.15. The van der Waals surface area contributed by atoms with Gasteiger partial charge in [0.05, 0.1) is 5.56 Å². The fourth-order valence-electron chi connectivity index (χ4n) is 1.90. The molecule has 1 fully saturated rings. The summed E-state index contributed by atoms with van der Waals surface area (Å²) in [6, 6.07) is 3.81. The zero-order chi connectivity index (χ0) is 13.3. The first-order valence-electron chi connectivity index (χ1n) is 5.51. The van der Waals surface area contributed by atoms with E-state index >= 15 is 0 Å². The number of benzene rings is 1. The smallest absolute Gasteiger partial charge is 0.338 e. The number of hydrogen-bond donors (Lipinski definition) is 1. The third-order valence-electron chi connectivity index (χ3n) is 2.94. The van der Waals surface area contributed by atoms with Crippen LogP contribution in [0.1, 0.15) is 15.9 Å². The second-order valence-corrected chi connectivity index (χ2v) is 4.25. The number of likely N-dealkylation sites (N-methyl/N-ethyl adjacent to an activating group) is 1. The van der Waals surface area contributed by atoms with E-state index in [1.54, 1.807) is 16.8 Å². The normalized spacial score (nSPS) is 15.3. The Bertz CT molecular complexity index is 504. The van der Waals surface area contributed by atoms with E-state index < -0.39 is 11.8 Å². The van der Waals surface area contributed by atoms with Crippen LogP contribution in [0.5, 0.6) is 0 Å². The van der Waals surface area contributed by atoms with E-state index in [1.165, 1.54) is 12.1 Å². The summed E-state index contributed by atoms with van der Waals surface area (Å²) in [6.45, 7) is 1.53. The molecule has 0 bridgehead atoms. The molecule has 0 saturated carbocycles. The number of aromatic carboxylic acids is 1. The van der Waals surface area contributed by atoms with Crippen LogP contribution in [0.15, 0.2) is 18.2 Å². The first-order chi connectivity index (χ1) is 8.49. The molecule has 6 heteroatoms. The van der Waals surface area contributed by atoms with Crippen LogP contribution in [0.3, 0.4) is 0 Å². The molecule has 1 heterocycles. The lowest BCUT2D eigenvalue weighted by Gasteiger charge is -2.16. The Morgan fingerprint density at radius 2 is 2.17 bits per heavy atom. The Morgan fingerprint density at radius 3 is 2.67 bits per heavy atom. The van der Waals surface area contributed by atoms with E-state index in [2.05, 4.69) is 0 Å². The quantitative estimate of drug-likeness (QED) is 0.884. The fraction of sp³-hybridized carbons (Fsp3) is 0.333. The van der Waals surface area contributed by atoms with Crippen LogP contribution in [0.2, 0.25) is 0 Å². The van der Waals surface area contributed by atoms with Crippen LogP contribution < -0.4 is 0 Å². The van der Waals surface area contributed by atoms with E-state index in [0.29, 0.717) is 25.2 Å². The van der Waals surface area contributed by atoms with Crippen LogP contribution in [0.25, 0.3) is 0 Å². The summed E-state index contributed by atoms with van der Waals surface area (Å²) in [5.41, 5.74) is 0.227. The number of halogens is 1. The average molecular weight is 252 g/mol. The Morgan fingerprint density at radius 1 is 1.44 bits per heavy atom. The maximum atomic E-state index is 13.5. The lowest BCUT2D eigenvalue weighted by molar-refractivity contribution is 0.0692. The highest BCUT2D eigenvalue weighted by Gasteiger charge is 2.25. The molecule has 1 saturated heterocycles. The zero-order valence-corrected chi connectivity index (χ0v) is 9.89. The summed E-state index contributed by atoms with van der Waals surface area (Å²) in [5.74, 6) is -2.07. The fourth-order valence-corrected chi connectivity index (χ4v) is 1.90. The van der Waals surface area contributed by atoms with E-state index in [9.17, 15) is 14.0 Å². The standard InChI is InChI=1S/C12H13FN2O3/c1-14-4-5-15(12(14)18)7-8-2-3-9(11(16)17)10(13)6-8/h2-3,6H,4-5,7H2,1H3,(H,16,17). The molecule has 0 aromatic heterocycles. The lowest BCUT2D eigenvalue weighted by Crippen LogP contribution is -2.29. The van der Waals surface area contributed by atoms with Crippen LogP contribution in [0.4, 0.5) is 9.18 Å². The number of carboxylic acids is 1. The van der Waals surface area contributed by atoms with E-state index in [1.807, 2.05) is 0 Å². The Balaban J connectivity index is 2.14. The molecular formula is C12H13FN2O3. The number of rotatable bonds is 3. The van der Waals surface area contributed by atoms with Crippen LogP contribution >= 0.6 is 0 Å². The second-order valence-electron chi connectivity index (χ2n) is 4.25. The number of amides is 2. The maximum absolute atomic E-state index is 13.5. The molecule has 0 radical (unpaired) electrons. The summed E-state index contributed by atoms with van der Waals surface area (Å²) in [5, 5.41) is 8.71. The van der Waals surface area contributed by atoms with Gasteiger partial charge in [-0.05, 0) is 17.7 Å². The number of urea groups is 1. The topological polar surface area (TPSA) is 60.9 Å². The largest absolute Gasteiger partial charge is 0.478 e. The molecule has 0 aliphatic carbocycles. The number of carbonyl (C=O) groups is 2. The van der Waals surface area contributed by atoms with Crippen LogP contribution in [-0.2, 0) is 6.54 Å². The molecule has 2 amide bonds. The molecule has 1 N–H and O–H groups in total. The van der Waals surface area contributed by atoms with Crippen molar-refractivity contribution in [1.29, 1.82) is 0 Å². The van der Waals surface area contributed by atoms with Crippen LogP contribution in [0, 0.1) is 5.82 Å². The van der Waals surface area contributed by atoms with Crippen molar-refractivity contribution in [3.8, 4) is 0 Å². The van der Waals surface area contributed by atoms with E-state index in [-0.39, 0.29) is 11.6 Å². The van der Waals surface area contributed by atoms with Crippen molar-refractivity contribution in [2.75, 3.05) is 20.1 Å². The Hall–Kier alpha value is -2.11. The molecule has 0 spiro atoms. The Labute approximate surface area is 103 Å². The minimum absolute atomic E-state index is 0.0993. The van der Waals surface area contributed by atoms with Gasteiger partial charge >= 0.3 is 12.0 Å². The number of carboxylic acid groups (broad SMARTS) is 1. The van der Waals surface area contributed by atoms with Gasteiger partial charge in [-0.1, -0.05) is 6.07 Å². The van der Waals surface area contributed by atoms with E-state index in [4.69, 9.17) is 5.11 Å². The van der Waals surface area contributed by atoms with Gasteiger partial charge in [0.25, 0.3) is 0 Å². The van der Waals surface area contributed by atoms with Gasteiger partial charge in [-0.3, -0.25) is 0 Å². The van der Waals surface area contributed by atoms with Gasteiger partial charge in [-0.25, -0.2) is 14.0 Å². The lowest BCUT2D eigenvalue weighted by atomic mass is 10.1. The van der Waals surface area contributed by atoms with Crippen molar-refractivity contribution in [2.24, 2.45) is 0 Å². The molecule has 1 aromatic rings. The third-order valence-corrected chi connectivity index (χ3v) is 2.94. The molecule has 1 aliphatic rings. The molecule has 2 rings (SSSR count). The first-order valence-corrected chi connectivity index (χ1v) is 5.51. The first kappa shape index (κ1) is 12.3. The SMILES string of the molecule is CN1CCN(Cc2ccc(C(=O)O)c(F)c2)C1=O. The van der Waals surface area contributed by atoms with Gasteiger partial charge in [-0.2, -0.15) is 0 Å². The summed E-state index contributed by atoms with van der Waals surface area (Å²) in [6.07, 6.45) is 0. The predicted molar refractivity (Wildman–Crippen MR) is 61.8 cm³/mol. The van der Waals surface area contributed by atoms with Crippen molar-refractivity contribution in [1.82, 2.24) is 9.80 Å². The Kier molecular flexibility index (Phi) is 3.18.